The number of methoxy groups -OCH3 is 1. The molecular weight excluding hydrogens is 390 g/mol. The quantitative estimate of drug-likeness (QED) is 0.494. The second-order valence-corrected chi connectivity index (χ2v) is 7.84. The number of aromatic nitrogens is 3. The smallest absolute Gasteiger partial charge is 0.223 e. The first-order valence-electron chi connectivity index (χ1n) is 10.5. The van der Waals surface area contributed by atoms with Crippen molar-refractivity contribution in [3.63, 3.8) is 0 Å². The lowest BCUT2D eigenvalue weighted by atomic mass is 10.1. The number of para-hydroxylation sites is 2. The summed E-state index contributed by atoms with van der Waals surface area (Å²) >= 11 is 0. The molecule has 0 amide bonds. The molecule has 4 aromatic rings. The molecule has 0 spiro atoms. The van der Waals surface area contributed by atoms with E-state index in [0.29, 0.717) is 11.7 Å². The van der Waals surface area contributed by atoms with Crippen molar-refractivity contribution < 1.29 is 9.26 Å². The van der Waals surface area contributed by atoms with Crippen LogP contribution in [0.5, 0.6) is 5.75 Å². The van der Waals surface area contributed by atoms with E-state index in [-0.39, 0.29) is 0 Å². The maximum Gasteiger partial charge on any atom is 0.223 e. The first-order chi connectivity index (χ1) is 15.1. The van der Waals surface area contributed by atoms with Crippen molar-refractivity contribution in [3.8, 4) is 17.1 Å². The Morgan fingerprint density at radius 3 is 2.42 bits per heavy atom. The minimum Gasteiger partial charge on any atom is -0.495 e. The Labute approximate surface area is 181 Å². The van der Waals surface area contributed by atoms with Crippen LogP contribution in [0.2, 0.25) is 0 Å². The predicted molar refractivity (Wildman–Crippen MR) is 122 cm³/mol. The molecule has 5 rings (SSSR count). The highest BCUT2D eigenvalue weighted by Gasteiger charge is 2.24. The fourth-order valence-corrected chi connectivity index (χ4v) is 4.15. The van der Waals surface area contributed by atoms with Gasteiger partial charge in [-0.1, -0.05) is 28.9 Å². The topological polar surface area (TPSA) is 67.5 Å². The van der Waals surface area contributed by atoms with Crippen LogP contribution in [-0.2, 0) is 0 Å². The second kappa shape index (κ2) is 7.91. The number of anilines is 2. The number of benzene rings is 2. The van der Waals surface area contributed by atoms with E-state index in [1.165, 1.54) is 5.56 Å². The van der Waals surface area contributed by atoms with Gasteiger partial charge in [0.15, 0.2) is 0 Å². The molecule has 0 radical (unpaired) electrons. The van der Waals surface area contributed by atoms with E-state index in [1.54, 1.807) is 14.0 Å². The van der Waals surface area contributed by atoms with Crippen molar-refractivity contribution in [2.75, 3.05) is 43.1 Å². The number of aryl methyl sites for hydroxylation is 2. The van der Waals surface area contributed by atoms with Crippen LogP contribution in [0.4, 0.5) is 11.5 Å². The van der Waals surface area contributed by atoms with E-state index in [1.807, 2.05) is 18.2 Å². The summed E-state index contributed by atoms with van der Waals surface area (Å²) in [6, 6.07) is 16.6. The van der Waals surface area contributed by atoms with Gasteiger partial charge >= 0.3 is 0 Å². The zero-order chi connectivity index (χ0) is 21.4. The molecule has 0 atom stereocenters. The third-order valence-electron chi connectivity index (χ3n) is 5.72. The molecule has 1 fully saturated rings. The standard InChI is InChI=1S/C24H25N5O2/c1-16-8-9-20-18(14-16)15-19(23-25-17(2)31-27-23)24(26-20)29-12-10-28(11-13-29)21-6-4-5-7-22(21)30-3/h4-9,14-15H,10-13H2,1-3H3. The maximum atomic E-state index is 5.55. The van der Waals surface area contributed by atoms with Gasteiger partial charge in [-0.25, -0.2) is 4.98 Å². The summed E-state index contributed by atoms with van der Waals surface area (Å²) < 4.78 is 10.8. The largest absolute Gasteiger partial charge is 0.495 e. The molecule has 0 unspecified atom stereocenters. The normalized spacial score (nSPS) is 14.3. The van der Waals surface area contributed by atoms with Gasteiger partial charge < -0.3 is 19.1 Å². The highest BCUT2D eigenvalue weighted by molar-refractivity contribution is 5.88. The molecule has 1 saturated heterocycles. The minimum absolute atomic E-state index is 0.547. The summed E-state index contributed by atoms with van der Waals surface area (Å²) in [6.45, 7) is 7.32. The third kappa shape index (κ3) is 3.67. The van der Waals surface area contributed by atoms with Gasteiger partial charge in [0, 0.05) is 38.5 Å². The summed E-state index contributed by atoms with van der Waals surface area (Å²) in [5.74, 6) is 2.93. The van der Waals surface area contributed by atoms with Gasteiger partial charge in [-0.15, -0.1) is 0 Å². The van der Waals surface area contributed by atoms with Crippen LogP contribution in [0.3, 0.4) is 0 Å². The fraction of sp³-hybridized carbons (Fsp3) is 0.292. The van der Waals surface area contributed by atoms with E-state index >= 15 is 0 Å². The number of piperazine rings is 1. The van der Waals surface area contributed by atoms with Gasteiger partial charge in [0.25, 0.3) is 0 Å². The molecule has 0 aliphatic carbocycles. The molecule has 3 heterocycles. The van der Waals surface area contributed by atoms with Crippen LogP contribution in [0, 0.1) is 13.8 Å². The molecule has 0 N–H and O–H groups in total. The van der Waals surface area contributed by atoms with Crippen LogP contribution in [0.25, 0.3) is 22.3 Å². The summed E-state index contributed by atoms with van der Waals surface area (Å²) in [5, 5.41) is 5.25. The van der Waals surface area contributed by atoms with Crippen molar-refractivity contribution in [2.24, 2.45) is 0 Å². The van der Waals surface area contributed by atoms with Gasteiger partial charge in [-0.3, -0.25) is 0 Å². The minimum atomic E-state index is 0.547. The average Bonchev–Trinajstić information content (AvgIpc) is 3.24. The van der Waals surface area contributed by atoms with Gasteiger partial charge in [-0.2, -0.15) is 4.98 Å². The summed E-state index contributed by atoms with van der Waals surface area (Å²) in [7, 11) is 1.72. The number of ether oxygens (including phenoxy) is 1. The lowest BCUT2D eigenvalue weighted by molar-refractivity contribution is 0.394. The number of pyridine rings is 1. The van der Waals surface area contributed by atoms with Crippen LogP contribution in [-0.4, -0.2) is 48.4 Å². The molecule has 1 aliphatic rings. The first-order valence-corrected chi connectivity index (χ1v) is 10.5. The van der Waals surface area contributed by atoms with E-state index in [9.17, 15) is 0 Å². The zero-order valence-corrected chi connectivity index (χ0v) is 18.0. The Balaban J connectivity index is 1.49. The maximum absolute atomic E-state index is 5.55. The Morgan fingerprint density at radius 2 is 1.68 bits per heavy atom. The molecule has 31 heavy (non-hydrogen) atoms. The fourth-order valence-electron chi connectivity index (χ4n) is 4.15. The number of hydrogen-bond acceptors (Lipinski definition) is 7. The number of rotatable bonds is 4. The summed E-state index contributed by atoms with van der Waals surface area (Å²) in [5.41, 5.74) is 4.20. The molecule has 7 heteroatoms. The lowest BCUT2D eigenvalue weighted by Crippen LogP contribution is -2.47. The van der Waals surface area contributed by atoms with E-state index in [4.69, 9.17) is 14.2 Å². The Morgan fingerprint density at radius 1 is 0.903 bits per heavy atom. The lowest BCUT2D eigenvalue weighted by Gasteiger charge is -2.37. The molecular formula is C24H25N5O2. The highest BCUT2D eigenvalue weighted by Crippen LogP contribution is 2.33. The van der Waals surface area contributed by atoms with Gasteiger partial charge in [0.05, 0.1) is 23.9 Å². The average molecular weight is 415 g/mol. The van der Waals surface area contributed by atoms with Crippen LogP contribution in [0.1, 0.15) is 11.5 Å². The molecule has 2 aromatic heterocycles. The van der Waals surface area contributed by atoms with Crippen molar-refractivity contribution in [3.05, 3.63) is 60.0 Å². The second-order valence-electron chi connectivity index (χ2n) is 7.84. The molecule has 7 nitrogen and oxygen atoms in total. The SMILES string of the molecule is COc1ccccc1N1CCN(c2nc3ccc(C)cc3cc2-c2noc(C)n2)CC1. The van der Waals surface area contributed by atoms with Crippen LogP contribution >= 0.6 is 0 Å². The predicted octanol–water partition coefficient (Wildman–Crippen LogP) is 4.24. The Kier molecular flexibility index (Phi) is 4.94. The van der Waals surface area contributed by atoms with Crippen molar-refractivity contribution in [1.82, 2.24) is 15.1 Å². The monoisotopic (exact) mass is 415 g/mol. The zero-order valence-electron chi connectivity index (χ0n) is 18.0. The Hall–Kier alpha value is -3.61. The molecule has 158 valence electrons. The van der Waals surface area contributed by atoms with Gasteiger partial charge in [0.2, 0.25) is 11.7 Å². The summed E-state index contributed by atoms with van der Waals surface area (Å²) in [4.78, 5) is 14.2. The molecule has 2 aromatic carbocycles. The first kappa shape index (κ1) is 19.4. The van der Waals surface area contributed by atoms with Crippen molar-refractivity contribution >= 4 is 22.4 Å². The number of nitrogens with zero attached hydrogens (tertiary/aromatic N) is 5. The van der Waals surface area contributed by atoms with Crippen molar-refractivity contribution in [1.29, 1.82) is 0 Å². The Bertz CT molecular complexity index is 1230. The van der Waals surface area contributed by atoms with Crippen LogP contribution in [0.15, 0.2) is 53.1 Å². The number of hydrogen-bond donors (Lipinski definition) is 0. The third-order valence-corrected chi connectivity index (χ3v) is 5.72. The number of fused-ring (bicyclic) bond motifs is 1. The van der Waals surface area contributed by atoms with E-state index in [2.05, 4.69) is 57.2 Å². The van der Waals surface area contributed by atoms with E-state index in [0.717, 1.165) is 59.9 Å². The molecule has 1 aliphatic heterocycles. The highest BCUT2D eigenvalue weighted by atomic mass is 16.5. The molecule has 0 saturated carbocycles. The van der Waals surface area contributed by atoms with Crippen molar-refractivity contribution in [2.45, 2.75) is 13.8 Å². The van der Waals surface area contributed by atoms with E-state index < -0.39 is 0 Å². The molecule has 0 bridgehead atoms. The van der Waals surface area contributed by atoms with Gasteiger partial charge in [0.1, 0.15) is 11.6 Å². The van der Waals surface area contributed by atoms with Gasteiger partial charge in [-0.05, 0) is 37.3 Å². The summed E-state index contributed by atoms with van der Waals surface area (Å²) in [6.07, 6.45) is 0. The van der Waals surface area contributed by atoms with Crippen LogP contribution < -0.4 is 14.5 Å².